The molecule has 2 amide bonds. The molecule has 0 aliphatic carbocycles. The van der Waals surface area contributed by atoms with Gasteiger partial charge in [-0.15, -0.1) is 0 Å². The molecular weight excluding hydrogens is 412 g/mol. The first-order valence-corrected chi connectivity index (χ1v) is 9.41. The minimum absolute atomic E-state index is 0.0262. The van der Waals surface area contributed by atoms with Gasteiger partial charge in [0.05, 0.1) is 10.9 Å². The lowest BCUT2D eigenvalue weighted by molar-refractivity contribution is -0.130. The minimum atomic E-state index is -0.609. The minimum Gasteiger partial charge on any atom is -0.484 e. The number of nitrogens with one attached hydrogen (secondary N) is 3. The molecule has 156 valence electrons. The zero-order valence-corrected chi connectivity index (χ0v) is 16.8. The summed E-state index contributed by atoms with van der Waals surface area (Å²) in [5.74, 6) is -0.585. The van der Waals surface area contributed by atoms with Gasteiger partial charge in [-0.3, -0.25) is 34.8 Å². The van der Waals surface area contributed by atoms with Gasteiger partial charge in [-0.25, -0.2) is 4.79 Å². The summed E-state index contributed by atoms with van der Waals surface area (Å²) in [7, 11) is 0. The number of para-hydroxylation sites is 1. The quantitative estimate of drug-likeness (QED) is 0.508. The van der Waals surface area contributed by atoms with Crippen molar-refractivity contribution < 1.29 is 14.3 Å². The molecular formula is C20H19ClN4O5. The molecule has 3 N–H and O–H groups in total. The molecule has 0 bridgehead atoms. The van der Waals surface area contributed by atoms with E-state index in [1.54, 1.807) is 42.5 Å². The van der Waals surface area contributed by atoms with E-state index in [-0.39, 0.29) is 19.6 Å². The largest absolute Gasteiger partial charge is 0.484 e. The van der Waals surface area contributed by atoms with E-state index >= 15 is 0 Å². The lowest BCUT2D eigenvalue weighted by atomic mass is 10.2. The highest BCUT2D eigenvalue weighted by atomic mass is 35.5. The van der Waals surface area contributed by atoms with Gasteiger partial charge in [-0.2, -0.15) is 0 Å². The third-order valence-corrected chi connectivity index (χ3v) is 4.73. The zero-order chi connectivity index (χ0) is 21.7. The summed E-state index contributed by atoms with van der Waals surface area (Å²) in [6.45, 7) is 1.54. The fourth-order valence-electron chi connectivity index (χ4n) is 2.77. The van der Waals surface area contributed by atoms with Crippen molar-refractivity contribution in [3.05, 3.63) is 73.9 Å². The van der Waals surface area contributed by atoms with Gasteiger partial charge in [0.15, 0.2) is 6.61 Å². The molecule has 0 saturated heterocycles. The fraction of sp³-hybridized carbons (Fsp3) is 0.200. The number of benzene rings is 2. The summed E-state index contributed by atoms with van der Waals surface area (Å²) < 4.78 is 6.63. The van der Waals surface area contributed by atoms with Crippen molar-refractivity contribution in [2.45, 2.75) is 19.9 Å². The number of fused-ring (bicyclic) bond motifs is 1. The molecule has 1 heterocycles. The second-order valence-corrected chi connectivity index (χ2v) is 6.88. The number of H-pyrrole nitrogens is 1. The smallest absolute Gasteiger partial charge is 0.328 e. The van der Waals surface area contributed by atoms with Crippen LogP contribution >= 0.6 is 11.6 Å². The van der Waals surface area contributed by atoms with E-state index in [1.807, 2.05) is 6.92 Å². The number of hydrogen-bond donors (Lipinski definition) is 3. The molecule has 0 spiro atoms. The van der Waals surface area contributed by atoms with Gasteiger partial charge in [-0.05, 0) is 42.8 Å². The molecule has 1 aromatic heterocycles. The molecule has 0 unspecified atom stereocenters. The first-order valence-electron chi connectivity index (χ1n) is 9.03. The van der Waals surface area contributed by atoms with Gasteiger partial charge in [0, 0.05) is 18.0 Å². The molecule has 9 nitrogen and oxygen atoms in total. The van der Waals surface area contributed by atoms with Gasteiger partial charge in [0.1, 0.15) is 5.75 Å². The predicted octanol–water partition coefficient (Wildman–Crippen LogP) is 1.27. The van der Waals surface area contributed by atoms with E-state index < -0.39 is 23.1 Å². The number of hydrogen-bond acceptors (Lipinski definition) is 5. The number of aryl methyl sites for hydroxylation is 2. The van der Waals surface area contributed by atoms with Crippen LogP contribution in [0.4, 0.5) is 0 Å². The molecule has 0 aliphatic rings. The molecule has 0 aliphatic heterocycles. The number of carbonyl (C=O) groups is 2. The van der Waals surface area contributed by atoms with Crippen molar-refractivity contribution in [1.82, 2.24) is 20.4 Å². The standard InChI is InChI=1S/C20H19ClN4O5/c1-12-10-13(6-7-15(12)21)30-11-18(27)24-23-17(26)8-9-25-16-5-3-2-4-14(16)19(28)22-20(25)29/h2-7,10H,8-9,11H2,1H3,(H,23,26)(H,24,27)(H,22,28,29). The van der Waals surface area contributed by atoms with Crippen LogP contribution < -0.4 is 26.8 Å². The molecule has 2 aromatic carbocycles. The van der Waals surface area contributed by atoms with Crippen molar-refractivity contribution in [3.8, 4) is 5.75 Å². The van der Waals surface area contributed by atoms with E-state index in [0.717, 1.165) is 5.56 Å². The van der Waals surface area contributed by atoms with Crippen LogP contribution in [0.1, 0.15) is 12.0 Å². The number of rotatable bonds is 6. The van der Waals surface area contributed by atoms with Gasteiger partial charge < -0.3 is 4.74 Å². The molecule has 0 atom stereocenters. The maximum absolute atomic E-state index is 12.1. The number of nitrogens with zero attached hydrogens (tertiary/aromatic N) is 1. The Morgan fingerprint density at radius 3 is 2.60 bits per heavy atom. The normalized spacial score (nSPS) is 10.6. The van der Waals surface area contributed by atoms with Crippen molar-refractivity contribution in [3.63, 3.8) is 0 Å². The highest BCUT2D eigenvalue weighted by molar-refractivity contribution is 6.31. The average Bonchev–Trinajstić information content (AvgIpc) is 2.73. The van der Waals surface area contributed by atoms with E-state index in [9.17, 15) is 19.2 Å². The summed E-state index contributed by atoms with van der Waals surface area (Å²) in [4.78, 5) is 50.0. The first-order chi connectivity index (χ1) is 14.3. The van der Waals surface area contributed by atoms with Crippen LogP contribution in [0.2, 0.25) is 5.02 Å². The van der Waals surface area contributed by atoms with Crippen molar-refractivity contribution in [2.75, 3.05) is 6.61 Å². The number of aromatic amines is 1. The molecule has 0 radical (unpaired) electrons. The summed E-state index contributed by atoms with van der Waals surface area (Å²) >= 11 is 5.93. The fourth-order valence-corrected chi connectivity index (χ4v) is 2.89. The third kappa shape index (κ3) is 5.06. The Balaban J connectivity index is 1.51. The van der Waals surface area contributed by atoms with Crippen LogP contribution in [0.3, 0.4) is 0 Å². The maximum atomic E-state index is 12.1. The van der Waals surface area contributed by atoms with Crippen molar-refractivity contribution in [2.24, 2.45) is 0 Å². The lowest BCUT2D eigenvalue weighted by Gasteiger charge is -2.11. The second-order valence-electron chi connectivity index (χ2n) is 6.47. The van der Waals surface area contributed by atoms with Crippen LogP contribution in [0.25, 0.3) is 10.9 Å². The Kier molecular flexibility index (Phi) is 6.53. The second kappa shape index (κ2) is 9.27. The highest BCUT2D eigenvalue weighted by Crippen LogP contribution is 2.20. The first kappa shape index (κ1) is 21.1. The topological polar surface area (TPSA) is 122 Å². The molecule has 30 heavy (non-hydrogen) atoms. The average molecular weight is 431 g/mol. The van der Waals surface area contributed by atoms with E-state index in [1.165, 1.54) is 4.57 Å². The lowest BCUT2D eigenvalue weighted by Crippen LogP contribution is -2.44. The van der Waals surface area contributed by atoms with Gasteiger partial charge in [0.25, 0.3) is 11.5 Å². The molecule has 10 heteroatoms. The van der Waals surface area contributed by atoms with E-state index in [4.69, 9.17) is 16.3 Å². The Bertz CT molecular complexity index is 1220. The van der Waals surface area contributed by atoms with E-state index in [2.05, 4.69) is 15.8 Å². The Morgan fingerprint density at radius 1 is 1.10 bits per heavy atom. The number of amides is 2. The SMILES string of the molecule is Cc1cc(OCC(=O)NNC(=O)CCn2c(=O)[nH]c(=O)c3ccccc32)ccc1Cl. The Hall–Kier alpha value is -3.59. The van der Waals surface area contributed by atoms with Gasteiger partial charge in [-0.1, -0.05) is 23.7 Å². The molecule has 0 fully saturated rings. The van der Waals surface area contributed by atoms with E-state index in [0.29, 0.717) is 21.7 Å². The molecule has 0 saturated carbocycles. The Labute approximate surface area is 175 Å². The van der Waals surface area contributed by atoms with Crippen LogP contribution in [0, 0.1) is 6.92 Å². The van der Waals surface area contributed by atoms with Crippen LogP contribution in [-0.4, -0.2) is 28.0 Å². The van der Waals surface area contributed by atoms with Crippen LogP contribution in [-0.2, 0) is 16.1 Å². The van der Waals surface area contributed by atoms with Crippen LogP contribution in [0.15, 0.2) is 52.1 Å². The predicted molar refractivity (Wildman–Crippen MR) is 111 cm³/mol. The summed E-state index contributed by atoms with van der Waals surface area (Å²) in [5, 5.41) is 0.939. The number of aromatic nitrogens is 2. The maximum Gasteiger partial charge on any atom is 0.328 e. The van der Waals surface area contributed by atoms with Crippen LogP contribution in [0.5, 0.6) is 5.75 Å². The third-order valence-electron chi connectivity index (χ3n) is 4.31. The summed E-state index contributed by atoms with van der Waals surface area (Å²) in [5.41, 5.74) is 4.65. The van der Waals surface area contributed by atoms with Crippen molar-refractivity contribution >= 4 is 34.3 Å². The highest BCUT2D eigenvalue weighted by Gasteiger charge is 2.10. The number of ether oxygens (including phenoxy) is 1. The summed E-state index contributed by atoms with van der Waals surface area (Å²) in [6, 6.07) is 11.6. The van der Waals surface area contributed by atoms with Gasteiger partial charge in [0.2, 0.25) is 5.91 Å². The Morgan fingerprint density at radius 2 is 1.83 bits per heavy atom. The van der Waals surface area contributed by atoms with Crippen molar-refractivity contribution in [1.29, 1.82) is 0 Å². The number of hydrazine groups is 1. The molecule has 3 aromatic rings. The molecule has 3 rings (SSSR count). The monoisotopic (exact) mass is 430 g/mol. The summed E-state index contributed by atoms with van der Waals surface area (Å²) in [6.07, 6.45) is -0.0898. The number of halogens is 1. The number of carbonyl (C=O) groups excluding carboxylic acids is 2. The van der Waals surface area contributed by atoms with Gasteiger partial charge >= 0.3 is 5.69 Å². The zero-order valence-electron chi connectivity index (χ0n) is 16.0.